The molecule has 1 N–H and O–H groups in total. The van der Waals surface area contributed by atoms with Gasteiger partial charge in [0.05, 0.1) is 18.3 Å². The van der Waals surface area contributed by atoms with Gasteiger partial charge in [-0.1, -0.05) is 60.7 Å². The lowest BCUT2D eigenvalue weighted by Gasteiger charge is -2.33. The van der Waals surface area contributed by atoms with Crippen LogP contribution in [0.2, 0.25) is 0 Å². The van der Waals surface area contributed by atoms with Crippen LogP contribution in [0.25, 0.3) is 0 Å². The summed E-state index contributed by atoms with van der Waals surface area (Å²) in [7, 11) is -1.37. The van der Waals surface area contributed by atoms with Crippen molar-refractivity contribution in [1.29, 1.82) is 0 Å². The van der Waals surface area contributed by atoms with Crippen LogP contribution < -0.4 is 14.4 Å². The van der Waals surface area contributed by atoms with E-state index in [0.717, 1.165) is 27.8 Å². The Kier molecular flexibility index (Phi) is 9.61. The molecule has 0 fully saturated rings. The second-order valence-electron chi connectivity index (χ2n) is 8.71. The molecule has 0 spiro atoms. The van der Waals surface area contributed by atoms with Crippen molar-refractivity contribution in [3.05, 3.63) is 100 Å². The number of hydrogen-bond donors (Lipinski definition) is 1. The third-order valence-corrected chi connectivity index (χ3v) is 7.16. The van der Waals surface area contributed by atoms with Gasteiger partial charge in [-0.25, -0.2) is 8.42 Å². The minimum Gasteiger partial charge on any atom is -0.495 e. The first kappa shape index (κ1) is 29.1. The zero-order valence-corrected chi connectivity index (χ0v) is 22.6. The molecule has 0 unspecified atom stereocenters. The molecule has 0 bridgehead atoms. The van der Waals surface area contributed by atoms with Gasteiger partial charge in [-0.2, -0.15) is 0 Å². The highest BCUT2D eigenvalue weighted by atomic mass is 32.2. The fraction of sp³-hybridized carbons (Fsp3) is 0.259. The van der Waals surface area contributed by atoms with Gasteiger partial charge in [0, 0.05) is 32.1 Å². The van der Waals surface area contributed by atoms with Crippen molar-refractivity contribution in [3.8, 4) is 5.75 Å². The maximum Gasteiger partial charge on any atom is 0.271 e. The van der Waals surface area contributed by atoms with Crippen LogP contribution in [0.1, 0.15) is 11.1 Å². The van der Waals surface area contributed by atoms with E-state index in [-0.39, 0.29) is 30.1 Å². The molecule has 3 aromatic carbocycles. The topological polar surface area (TPSA) is 139 Å². The standard InChI is InChI=1S/C27H30N4O7S/c1-28-27(33)24(16-20-10-6-4-7-11-20)29(18-21-12-8-5-9-13-21)26(32)19-30(39(3,36)37)23-17-22(31(34)35)14-15-25(23)38-2/h4-15,17,24H,16,18-19H2,1-3H3,(H,28,33)/t24-/m1/s1. The van der Waals surface area contributed by atoms with E-state index in [0.29, 0.717) is 0 Å². The number of sulfonamides is 1. The third-order valence-electron chi connectivity index (χ3n) is 6.03. The molecule has 1 atom stereocenters. The normalized spacial score (nSPS) is 11.8. The van der Waals surface area contributed by atoms with Gasteiger partial charge in [0.25, 0.3) is 5.69 Å². The monoisotopic (exact) mass is 554 g/mol. The molecule has 0 saturated carbocycles. The number of methoxy groups -OCH3 is 1. The molecule has 0 aliphatic rings. The molecule has 0 heterocycles. The summed E-state index contributed by atoms with van der Waals surface area (Å²) >= 11 is 0. The summed E-state index contributed by atoms with van der Waals surface area (Å²) in [5, 5.41) is 14.0. The van der Waals surface area contributed by atoms with Crippen molar-refractivity contribution in [2.45, 2.75) is 19.0 Å². The molecule has 3 aromatic rings. The van der Waals surface area contributed by atoms with Gasteiger partial charge in [0.2, 0.25) is 21.8 Å². The number of ether oxygens (including phenoxy) is 1. The minimum absolute atomic E-state index is 0.0221. The Balaban J connectivity index is 2.08. The molecule has 0 aliphatic heterocycles. The summed E-state index contributed by atoms with van der Waals surface area (Å²) in [5.41, 5.74) is 0.992. The number of likely N-dealkylation sites (N-methyl/N-ethyl adjacent to an activating group) is 1. The largest absolute Gasteiger partial charge is 0.495 e. The minimum atomic E-state index is -4.12. The Labute approximate surface area is 227 Å². The zero-order chi connectivity index (χ0) is 28.6. The van der Waals surface area contributed by atoms with Gasteiger partial charge >= 0.3 is 0 Å². The molecule has 0 radical (unpaired) electrons. The summed E-state index contributed by atoms with van der Waals surface area (Å²) in [4.78, 5) is 39.1. The number of nitrogens with zero attached hydrogens (tertiary/aromatic N) is 3. The smallest absolute Gasteiger partial charge is 0.271 e. The fourth-order valence-corrected chi connectivity index (χ4v) is 4.93. The first-order valence-corrected chi connectivity index (χ1v) is 13.8. The van der Waals surface area contributed by atoms with E-state index in [1.165, 1.54) is 31.2 Å². The number of amides is 2. The van der Waals surface area contributed by atoms with E-state index in [9.17, 15) is 28.1 Å². The molecule has 0 saturated heterocycles. The van der Waals surface area contributed by atoms with Crippen molar-refractivity contribution in [2.24, 2.45) is 0 Å². The van der Waals surface area contributed by atoms with E-state index in [1.54, 1.807) is 24.3 Å². The van der Waals surface area contributed by atoms with Crippen molar-refractivity contribution < 1.29 is 27.7 Å². The molecule has 0 aliphatic carbocycles. The summed E-state index contributed by atoms with van der Waals surface area (Å²) in [6.45, 7) is -0.695. The first-order chi connectivity index (χ1) is 18.5. The van der Waals surface area contributed by atoms with Gasteiger partial charge in [0.1, 0.15) is 24.0 Å². The number of benzene rings is 3. The third kappa shape index (κ3) is 7.54. The zero-order valence-electron chi connectivity index (χ0n) is 21.8. The van der Waals surface area contributed by atoms with Crippen LogP contribution in [0.5, 0.6) is 5.75 Å². The summed E-state index contributed by atoms with van der Waals surface area (Å²) in [5.74, 6) is -1.08. The van der Waals surface area contributed by atoms with Crippen molar-refractivity contribution in [2.75, 3.05) is 31.3 Å². The Morgan fingerprint density at radius 3 is 2.10 bits per heavy atom. The predicted octanol–water partition coefficient (Wildman–Crippen LogP) is 2.76. The number of nitrogens with one attached hydrogen (secondary N) is 1. The highest BCUT2D eigenvalue weighted by Gasteiger charge is 2.33. The molecule has 0 aromatic heterocycles. The lowest BCUT2D eigenvalue weighted by molar-refractivity contribution is -0.384. The highest BCUT2D eigenvalue weighted by molar-refractivity contribution is 7.92. The molecule has 12 heteroatoms. The van der Waals surface area contributed by atoms with Crippen LogP contribution in [-0.4, -0.2) is 63.1 Å². The number of carbonyl (C=O) groups excluding carboxylic acids is 2. The van der Waals surface area contributed by atoms with E-state index in [2.05, 4.69) is 5.32 Å². The maximum atomic E-state index is 13.9. The van der Waals surface area contributed by atoms with Gasteiger partial charge in [-0.05, 0) is 17.2 Å². The molecule has 206 valence electrons. The number of nitro groups is 1. The van der Waals surface area contributed by atoms with Gasteiger partial charge in [0.15, 0.2) is 0 Å². The summed E-state index contributed by atoms with van der Waals surface area (Å²) < 4.78 is 31.8. The number of non-ortho nitro benzene ring substituents is 1. The Bertz CT molecular complexity index is 1420. The molecular formula is C27H30N4O7S. The number of rotatable bonds is 12. The van der Waals surface area contributed by atoms with Crippen LogP contribution in [0.15, 0.2) is 78.9 Å². The second kappa shape index (κ2) is 12.9. The molecule has 2 amide bonds. The van der Waals surface area contributed by atoms with Gasteiger partial charge in [-0.15, -0.1) is 0 Å². The maximum absolute atomic E-state index is 13.9. The molecular weight excluding hydrogens is 524 g/mol. The van der Waals surface area contributed by atoms with Crippen molar-refractivity contribution in [3.63, 3.8) is 0 Å². The van der Waals surface area contributed by atoms with Crippen LogP contribution in [0.3, 0.4) is 0 Å². The van der Waals surface area contributed by atoms with Crippen molar-refractivity contribution in [1.82, 2.24) is 10.2 Å². The summed E-state index contributed by atoms with van der Waals surface area (Å²) in [6, 6.07) is 20.6. The number of carbonyl (C=O) groups is 2. The predicted molar refractivity (Wildman–Crippen MR) is 147 cm³/mol. The van der Waals surface area contributed by atoms with Crippen LogP contribution in [-0.2, 0) is 32.6 Å². The molecule has 3 rings (SSSR count). The summed E-state index contributed by atoms with van der Waals surface area (Å²) in [6.07, 6.45) is 1.07. The second-order valence-corrected chi connectivity index (χ2v) is 10.6. The lowest BCUT2D eigenvalue weighted by Crippen LogP contribution is -2.52. The number of anilines is 1. The lowest BCUT2D eigenvalue weighted by atomic mass is 10.0. The van der Waals surface area contributed by atoms with Crippen LogP contribution in [0.4, 0.5) is 11.4 Å². The fourth-order valence-electron chi connectivity index (χ4n) is 4.08. The first-order valence-electron chi connectivity index (χ1n) is 11.9. The van der Waals surface area contributed by atoms with E-state index in [1.807, 2.05) is 36.4 Å². The SMILES string of the molecule is CNC(=O)[C@@H](Cc1ccccc1)N(Cc1ccccc1)C(=O)CN(c1cc([N+](=O)[O-])ccc1OC)S(C)(=O)=O. The molecule has 11 nitrogen and oxygen atoms in total. The van der Waals surface area contributed by atoms with Gasteiger partial charge < -0.3 is 15.0 Å². The average Bonchev–Trinajstić information content (AvgIpc) is 2.93. The van der Waals surface area contributed by atoms with Crippen LogP contribution >= 0.6 is 0 Å². The number of nitro benzene ring substituents is 1. The Morgan fingerprint density at radius 1 is 1.00 bits per heavy atom. The van der Waals surface area contributed by atoms with Gasteiger partial charge in [-0.3, -0.25) is 24.0 Å². The van der Waals surface area contributed by atoms with E-state index in [4.69, 9.17) is 4.74 Å². The number of hydrogen-bond acceptors (Lipinski definition) is 7. The van der Waals surface area contributed by atoms with E-state index >= 15 is 0 Å². The Morgan fingerprint density at radius 2 is 1.59 bits per heavy atom. The quantitative estimate of drug-likeness (QED) is 0.268. The van der Waals surface area contributed by atoms with Crippen molar-refractivity contribution >= 4 is 33.2 Å². The highest BCUT2D eigenvalue weighted by Crippen LogP contribution is 2.34. The van der Waals surface area contributed by atoms with Crippen LogP contribution in [0, 0.1) is 10.1 Å². The molecule has 39 heavy (non-hydrogen) atoms. The average molecular weight is 555 g/mol. The Hall–Kier alpha value is -4.45. The van der Waals surface area contributed by atoms with E-state index < -0.39 is 39.3 Å².